The van der Waals surface area contributed by atoms with Crippen molar-refractivity contribution in [3.8, 4) is 17.2 Å². The molecule has 0 saturated carbocycles. The van der Waals surface area contributed by atoms with Gasteiger partial charge in [0.05, 0.1) is 17.8 Å². The number of hydrogen-bond acceptors (Lipinski definition) is 4. The second kappa shape index (κ2) is 7.26. The molecule has 2 aromatic rings. The van der Waals surface area contributed by atoms with Crippen LogP contribution in [0.1, 0.15) is 12.5 Å². The van der Waals surface area contributed by atoms with Crippen LogP contribution < -0.4 is 14.8 Å². The molecular formula is C15H17BrN2O2. The summed E-state index contributed by atoms with van der Waals surface area (Å²) >= 11 is 3.47. The average molecular weight is 337 g/mol. The monoisotopic (exact) mass is 336 g/mol. The molecule has 0 amide bonds. The lowest BCUT2D eigenvalue weighted by Crippen LogP contribution is -2.11. The summed E-state index contributed by atoms with van der Waals surface area (Å²) in [5.74, 6) is 2.22. The van der Waals surface area contributed by atoms with E-state index in [1.54, 1.807) is 13.3 Å². The third kappa shape index (κ3) is 3.95. The highest BCUT2D eigenvalue weighted by atomic mass is 79.9. The van der Waals surface area contributed by atoms with E-state index in [0.717, 1.165) is 34.6 Å². The summed E-state index contributed by atoms with van der Waals surface area (Å²) < 4.78 is 11.8. The first-order valence-electron chi connectivity index (χ1n) is 6.39. The topological polar surface area (TPSA) is 43.4 Å². The third-order valence-corrected chi connectivity index (χ3v) is 3.34. The van der Waals surface area contributed by atoms with Crippen molar-refractivity contribution in [3.05, 3.63) is 46.7 Å². The minimum Gasteiger partial charge on any atom is -0.497 e. The van der Waals surface area contributed by atoms with E-state index in [2.05, 4.69) is 33.2 Å². The van der Waals surface area contributed by atoms with Gasteiger partial charge in [-0.3, -0.25) is 4.98 Å². The van der Waals surface area contributed by atoms with Crippen molar-refractivity contribution >= 4 is 15.9 Å². The van der Waals surface area contributed by atoms with Gasteiger partial charge in [-0.15, -0.1) is 0 Å². The molecule has 0 saturated heterocycles. The predicted octanol–water partition coefficient (Wildman–Crippen LogP) is 3.75. The molecule has 0 radical (unpaired) electrons. The van der Waals surface area contributed by atoms with Gasteiger partial charge in [-0.2, -0.15) is 0 Å². The molecule has 20 heavy (non-hydrogen) atoms. The van der Waals surface area contributed by atoms with Crippen LogP contribution in [0.15, 0.2) is 41.1 Å². The summed E-state index contributed by atoms with van der Waals surface area (Å²) in [5, 5.41) is 3.26. The molecule has 2 rings (SSSR count). The molecule has 1 N–H and O–H groups in total. The quantitative estimate of drug-likeness (QED) is 0.872. The lowest BCUT2D eigenvalue weighted by Gasteiger charge is -2.10. The van der Waals surface area contributed by atoms with E-state index in [1.165, 1.54) is 0 Å². The van der Waals surface area contributed by atoms with E-state index in [0.29, 0.717) is 5.75 Å². The predicted molar refractivity (Wildman–Crippen MR) is 82.4 cm³/mol. The molecule has 0 fully saturated rings. The van der Waals surface area contributed by atoms with Crippen LogP contribution >= 0.6 is 15.9 Å². The van der Waals surface area contributed by atoms with Crippen molar-refractivity contribution in [2.75, 3.05) is 13.7 Å². The van der Waals surface area contributed by atoms with Gasteiger partial charge in [0.15, 0.2) is 0 Å². The second-order valence-electron chi connectivity index (χ2n) is 4.21. The summed E-state index contributed by atoms with van der Waals surface area (Å²) in [4.78, 5) is 4.19. The van der Waals surface area contributed by atoms with Crippen LogP contribution in [0.4, 0.5) is 0 Å². The minimum absolute atomic E-state index is 0.714. The van der Waals surface area contributed by atoms with E-state index in [9.17, 15) is 0 Å². The lowest BCUT2D eigenvalue weighted by atomic mass is 10.2. The number of hydrogen-bond donors (Lipinski definition) is 1. The highest BCUT2D eigenvalue weighted by Crippen LogP contribution is 2.32. The van der Waals surface area contributed by atoms with E-state index < -0.39 is 0 Å². The van der Waals surface area contributed by atoms with Crippen LogP contribution in [0.25, 0.3) is 0 Å². The number of nitrogens with one attached hydrogen (secondary N) is 1. The van der Waals surface area contributed by atoms with Crippen molar-refractivity contribution in [2.24, 2.45) is 0 Å². The number of nitrogens with zero attached hydrogens (tertiary/aromatic N) is 1. The molecule has 0 unspecified atom stereocenters. The summed E-state index contributed by atoms with van der Waals surface area (Å²) in [6, 6.07) is 7.56. The number of pyridine rings is 1. The fourth-order valence-corrected chi connectivity index (χ4v) is 2.14. The standard InChI is InChI=1S/C15H17BrN2O2/c1-3-17-8-11-6-13(10-18-9-11)20-15-5-4-12(19-2)7-14(15)16/h4-7,9-10,17H,3,8H2,1-2H3. The van der Waals surface area contributed by atoms with Gasteiger partial charge in [0.2, 0.25) is 0 Å². The highest BCUT2D eigenvalue weighted by molar-refractivity contribution is 9.10. The van der Waals surface area contributed by atoms with Crippen LogP contribution in [0.3, 0.4) is 0 Å². The molecule has 4 nitrogen and oxygen atoms in total. The molecule has 0 spiro atoms. The third-order valence-electron chi connectivity index (χ3n) is 2.72. The van der Waals surface area contributed by atoms with Crippen LogP contribution in [0.5, 0.6) is 17.2 Å². The van der Waals surface area contributed by atoms with Gasteiger partial charge >= 0.3 is 0 Å². The number of halogens is 1. The van der Waals surface area contributed by atoms with Gasteiger partial charge in [-0.05, 0) is 52.3 Å². The fourth-order valence-electron chi connectivity index (χ4n) is 1.70. The average Bonchev–Trinajstić information content (AvgIpc) is 2.47. The Balaban J connectivity index is 2.13. The molecule has 1 heterocycles. The van der Waals surface area contributed by atoms with E-state index in [-0.39, 0.29) is 0 Å². The molecule has 106 valence electrons. The normalized spacial score (nSPS) is 10.3. The maximum absolute atomic E-state index is 5.84. The van der Waals surface area contributed by atoms with Crippen LogP contribution in [-0.4, -0.2) is 18.6 Å². The number of methoxy groups -OCH3 is 1. The van der Waals surface area contributed by atoms with Crippen molar-refractivity contribution in [1.29, 1.82) is 0 Å². The Hall–Kier alpha value is -1.59. The zero-order valence-electron chi connectivity index (χ0n) is 11.5. The van der Waals surface area contributed by atoms with Gasteiger partial charge in [-0.1, -0.05) is 6.92 Å². The molecule has 0 bridgehead atoms. The Bertz CT molecular complexity index is 576. The summed E-state index contributed by atoms with van der Waals surface area (Å²) in [6.07, 6.45) is 3.53. The van der Waals surface area contributed by atoms with Gasteiger partial charge in [0.25, 0.3) is 0 Å². The molecule has 0 atom stereocenters. The summed E-state index contributed by atoms with van der Waals surface area (Å²) in [5.41, 5.74) is 1.09. The van der Waals surface area contributed by atoms with Crippen molar-refractivity contribution in [3.63, 3.8) is 0 Å². The van der Waals surface area contributed by atoms with E-state index >= 15 is 0 Å². The smallest absolute Gasteiger partial charge is 0.146 e. The van der Waals surface area contributed by atoms with Gasteiger partial charge in [-0.25, -0.2) is 0 Å². The number of ether oxygens (including phenoxy) is 2. The fraction of sp³-hybridized carbons (Fsp3) is 0.267. The van der Waals surface area contributed by atoms with Crippen LogP contribution in [-0.2, 0) is 6.54 Å². The van der Waals surface area contributed by atoms with Gasteiger partial charge < -0.3 is 14.8 Å². The Morgan fingerprint density at radius 3 is 2.75 bits per heavy atom. The molecular weight excluding hydrogens is 320 g/mol. The first-order valence-corrected chi connectivity index (χ1v) is 7.18. The van der Waals surface area contributed by atoms with Crippen molar-refractivity contribution in [2.45, 2.75) is 13.5 Å². The largest absolute Gasteiger partial charge is 0.497 e. The SMILES string of the molecule is CCNCc1cncc(Oc2ccc(OC)cc2Br)c1. The molecule has 1 aromatic carbocycles. The Labute approximate surface area is 127 Å². The number of rotatable bonds is 6. The maximum atomic E-state index is 5.84. The Morgan fingerprint density at radius 2 is 2.05 bits per heavy atom. The lowest BCUT2D eigenvalue weighted by molar-refractivity contribution is 0.412. The van der Waals surface area contributed by atoms with Gasteiger partial charge in [0, 0.05) is 12.7 Å². The highest BCUT2D eigenvalue weighted by Gasteiger charge is 2.05. The molecule has 0 aliphatic carbocycles. The summed E-state index contributed by atoms with van der Waals surface area (Å²) in [6.45, 7) is 3.78. The van der Waals surface area contributed by atoms with Crippen molar-refractivity contribution in [1.82, 2.24) is 10.3 Å². The zero-order chi connectivity index (χ0) is 14.4. The molecule has 5 heteroatoms. The Morgan fingerprint density at radius 1 is 1.20 bits per heavy atom. The minimum atomic E-state index is 0.714. The second-order valence-corrected chi connectivity index (χ2v) is 5.06. The van der Waals surface area contributed by atoms with E-state index in [4.69, 9.17) is 9.47 Å². The zero-order valence-corrected chi connectivity index (χ0v) is 13.1. The Kier molecular flexibility index (Phi) is 5.38. The molecule has 1 aromatic heterocycles. The maximum Gasteiger partial charge on any atom is 0.146 e. The van der Waals surface area contributed by atoms with E-state index in [1.807, 2.05) is 30.5 Å². The molecule has 0 aliphatic rings. The van der Waals surface area contributed by atoms with Crippen LogP contribution in [0.2, 0.25) is 0 Å². The number of benzene rings is 1. The summed E-state index contributed by atoms with van der Waals surface area (Å²) in [7, 11) is 1.64. The van der Waals surface area contributed by atoms with Crippen LogP contribution in [0, 0.1) is 0 Å². The van der Waals surface area contributed by atoms with Gasteiger partial charge in [0.1, 0.15) is 17.2 Å². The van der Waals surface area contributed by atoms with Crippen molar-refractivity contribution < 1.29 is 9.47 Å². The molecule has 0 aliphatic heterocycles. The first kappa shape index (κ1) is 14.8. The first-order chi connectivity index (χ1) is 9.72. The number of aromatic nitrogens is 1.